The van der Waals surface area contributed by atoms with E-state index in [4.69, 9.17) is 18.0 Å². The molecule has 1 amide bonds. The van der Waals surface area contributed by atoms with Crippen molar-refractivity contribution in [2.24, 2.45) is 5.73 Å². The molecule has 1 aliphatic heterocycles. The summed E-state index contributed by atoms with van der Waals surface area (Å²) in [4.78, 5) is 11.3. The lowest BCUT2D eigenvalue weighted by molar-refractivity contribution is -0.119. The largest absolute Gasteiger partial charge is 0.389 e. The zero-order valence-corrected chi connectivity index (χ0v) is 9.25. The molecule has 0 aliphatic carbocycles. The first kappa shape index (κ1) is 10.7. The minimum atomic E-state index is 0.0114. The molecular formula is C9H11N5OS. The van der Waals surface area contributed by atoms with Gasteiger partial charge < -0.3 is 16.4 Å². The van der Waals surface area contributed by atoms with Crippen LogP contribution in [0.2, 0.25) is 0 Å². The minimum absolute atomic E-state index is 0.0114. The quantitative estimate of drug-likeness (QED) is 0.609. The van der Waals surface area contributed by atoms with E-state index in [-0.39, 0.29) is 16.9 Å². The zero-order chi connectivity index (χ0) is 11.5. The first-order valence-corrected chi connectivity index (χ1v) is 5.22. The van der Waals surface area contributed by atoms with Gasteiger partial charge in [0.2, 0.25) is 5.91 Å². The van der Waals surface area contributed by atoms with Crippen LogP contribution in [0.1, 0.15) is 12.0 Å². The summed E-state index contributed by atoms with van der Waals surface area (Å²) in [5, 5.41) is 13.5. The zero-order valence-electron chi connectivity index (χ0n) is 8.43. The molecule has 84 valence electrons. The number of nitrogens with zero attached hydrogens (tertiary/aromatic N) is 2. The van der Waals surface area contributed by atoms with E-state index in [9.17, 15) is 4.79 Å². The van der Waals surface area contributed by atoms with Crippen LogP contribution in [0.3, 0.4) is 0 Å². The molecule has 2 heterocycles. The third-order valence-electron chi connectivity index (χ3n) is 2.30. The number of aromatic nitrogens is 2. The SMILES string of the molecule is NC(=S)c1ccnnc1NC1CNC(=O)C1. The van der Waals surface area contributed by atoms with E-state index in [2.05, 4.69) is 20.8 Å². The Kier molecular flexibility index (Phi) is 2.95. The monoisotopic (exact) mass is 237 g/mol. The molecule has 1 aliphatic rings. The molecular weight excluding hydrogens is 226 g/mol. The summed E-state index contributed by atoms with van der Waals surface area (Å²) in [6, 6.07) is 1.71. The average molecular weight is 237 g/mol. The molecule has 0 spiro atoms. The van der Waals surface area contributed by atoms with Gasteiger partial charge in [0, 0.05) is 13.0 Å². The van der Waals surface area contributed by atoms with Crippen LogP contribution in [0.5, 0.6) is 0 Å². The molecule has 7 heteroatoms. The van der Waals surface area contributed by atoms with E-state index in [0.29, 0.717) is 24.3 Å². The third-order valence-corrected chi connectivity index (χ3v) is 2.52. The van der Waals surface area contributed by atoms with Gasteiger partial charge in [-0.3, -0.25) is 4.79 Å². The Labute approximate surface area is 97.6 Å². The van der Waals surface area contributed by atoms with Gasteiger partial charge in [-0.25, -0.2) is 0 Å². The van der Waals surface area contributed by atoms with E-state index < -0.39 is 0 Å². The maximum absolute atomic E-state index is 11.0. The number of amides is 1. The highest BCUT2D eigenvalue weighted by Gasteiger charge is 2.22. The highest BCUT2D eigenvalue weighted by atomic mass is 32.1. The van der Waals surface area contributed by atoms with Crippen LogP contribution in [0, 0.1) is 0 Å². The Morgan fingerprint density at radius 1 is 1.69 bits per heavy atom. The lowest BCUT2D eigenvalue weighted by Crippen LogP contribution is -2.25. The van der Waals surface area contributed by atoms with E-state index in [0.717, 1.165) is 0 Å². The van der Waals surface area contributed by atoms with Gasteiger partial charge in [-0.1, -0.05) is 12.2 Å². The molecule has 0 bridgehead atoms. The Hall–Kier alpha value is -1.76. The number of carbonyl (C=O) groups is 1. The predicted octanol–water partition coefficient (Wildman–Crippen LogP) is -0.589. The molecule has 2 rings (SSSR count). The molecule has 0 aromatic carbocycles. The van der Waals surface area contributed by atoms with Crippen LogP contribution >= 0.6 is 12.2 Å². The maximum Gasteiger partial charge on any atom is 0.222 e. The molecule has 4 N–H and O–H groups in total. The van der Waals surface area contributed by atoms with Gasteiger partial charge in [0.25, 0.3) is 0 Å². The summed E-state index contributed by atoms with van der Waals surface area (Å²) in [6.07, 6.45) is 1.95. The van der Waals surface area contributed by atoms with Crippen molar-refractivity contribution in [1.82, 2.24) is 15.5 Å². The number of carbonyl (C=O) groups excluding carboxylic acids is 1. The first-order chi connectivity index (χ1) is 7.66. The topological polar surface area (TPSA) is 92.9 Å². The van der Waals surface area contributed by atoms with Crippen LogP contribution in [0.15, 0.2) is 12.3 Å². The number of hydrogen-bond acceptors (Lipinski definition) is 5. The van der Waals surface area contributed by atoms with Crippen LogP contribution in [-0.2, 0) is 4.79 Å². The first-order valence-electron chi connectivity index (χ1n) is 4.81. The van der Waals surface area contributed by atoms with E-state index in [1.807, 2.05) is 0 Å². The van der Waals surface area contributed by atoms with Crippen molar-refractivity contribution in [3.05, 3.63) is 17.8 Å². The highest BCUT2D eigenvalue weighted by Crippen LogP contribution is 2.13. The maximum atomic E-state index is 11.0. The summed E-state index contributed by atoms with van der Waals surface area (Å²) in [5.74, 6) is 0.551. The molecule has 16 heavy (non-hydrogen) atoms. The second-order valence-corrected chi connectivity index (χ2v) is 3.95. The van der Waals surface area contributed by atoms with Gasteiger partial charge in [0.15, 0.2) is 5.82 Å². The summed E-state index contributed by atoms with van der Waals surface area (Å²) in [7, 11) is 0. The predicted molar refractivity (Wildman–Crippen MR) is 63.0 cm³/mol. The summed E-state index contributed by atoms with van der Waals surface area (Å²) < 4.78 is 0. The van der Waals surface area contributed by atoms with Gasteiger partial charge in [-0.2, -0.15) is 5.10 Å². The van der Waals surface area contributed by atoms with Crippen LogP contribution in [-0.4, -0.2) is 33.7 Å². The van der Waals surface area contributed by atoms with Crippen molar-refractivity contribution in [3.63, 3.8) is 0 Å². The van der Waals surface area contributed by atoms with Gasteiger partial charge in [0.05, 0.1) is 17.8 Å². The van der Waals surface area contributed by atoms with Crippen molar-refractivity contribution >= 4 is 28.9 Å². The average Bonchev–Trinajstić information content (AvgIpc) is 2.64. The molecule has 6 nitrogen and oxygen atoms in total. The number of rotatable bonds is 3. The Morgan fingerprint density at radius 3 is 3.12 bits per heavy atom. The third kappa shape index (κ3) is 2.25. The Balaban J connectivity index is 2.14. The van der Waals surface area contributed by atoms with Gasteiger partial charge in [-0.15, -0.1) is 5.10 Å². The molecule has 0 saturated carbocycles. The van der Waals surface area contributed by atoms with E-state index in [1.165, 1.54) is 6.20 Å². The van der Waals surface area contributed by atoms with E-state index >= 15 is 0 Å². The smallest absolute Gasteiger partial charge is 0.222 e. The van der Waals surface area contributed by atoms with Crippen LogP contribution in [0.4, 0.5) is 5.82 Å². The fourth-order valence-electron chi connectivity index (χ4n) is 1.54. The number of thiocarbonyl (C=S) groups is 1. The normalized spacial score (nSPS) is 19.2. The van der Waals surface area contributed by atoms with Crippen molar-refractivity contribution in [1.29, 1.82) is 0 Å². The second kappa shape index (κ2) is 4.40. The Morgan fingerprint density at radius 2 is 2.50 bits per heavy atom. The summed E-state index contributed by atoms with van der Waals surface area (Å²) >= 11 is 4.90. The lowest BCUT2D eigenvalue weighted by atomic mass is 10.2. The van der Waals surface area contributed by atoms with Crippen LogP contribution < -0.4 is 16.4 Å². The molecule has 1 aromatic rings. The van der Waals surface area contributed by atoms with Crippen molar-refractivity contribution in [3.8, 4) is 0 Å². The number of nitrogens with two attached hydrogens (primary N) is 1. The van der Waals surface area contributed by atoms with Crippen molar-refractivity contribution in [2.75, 3.05) is 11.9 Å². The fraction of sp³-hybridized carbons (Fsp3) is 0.333. The summed E-state index contributed by atoms with van der Waals surface area (Å²) in [6.45, 7) is 0.576. The number of anilines is 1. The van der Waals surface area contributed by atoms with Crippen molar-refractivity contribution in [2.45, 2.75) is 12.5 Å². The van der Waals surface area contributed by atoms with Gasteiger partial charge in [0.1, 0.15) is 4.99 Å². The highest BCUT2D eigenvalue weighted by molar-refractivity contribution is 7.80. The molecule has 1 aromatic heterocycles. The summed E-state index contributed by atoms with van der Waals surface area (Å²) in [5.41, 5.74) is 6.20. The number of hydrogen-bond donors (Lipinski definition) is 3. The second-order valence-electron chi connectivity index (χ2n) is 3.51. The molecule has 1 atom stereocenters. The minimum Gasteiger partial charge on any atom is -0.389 e. The Bertz CT molecular complexity index is 436. The molecule has 1 fully saturated rings. The standard InChI is InChI=1S/C9H11N5OS/c10-8(16)6-1-2-12-14-9(6)13-5-3-7(15)11-4-5/h1-2,5H,3-4H2,(H2,10,16)(H,11,15)(H,13,14). The van der Waals surface area contributed by atoms with Crippen LogP contribution in [0.25, 0.3) is 0 Å². The van der Waals surface area contributed by atoms with E-state index in [1.54, 1.807) is 6.07 Å². The number of nitrogens with one attached hydrogen (secondary N) is 2. The van der Waals surface area contributed by atoms with Gasteiger partial charge >= 0.3 is 0 Å². The fourth-order valence-corrected chi connectivity index (χ4v) is 1.70. The molecule has 1 saturated heterocycles. The van der Waals surface area contributed by atoms with Crippen molar-refractivity contribution < 1.29 is 4.79 Å². The molecule has 1 unspecified atom stereocenters. The lowest BCUT2D eigenvalue weighted by Gasteiger charge is -2.12. The van der Waals surface area contributed by atoms with Gasteiger partial charge in [-0.05, 0) is 6.07 Å². The molecule has 0 radical (unpaired) electrons.